The first-order valence-corrected chi connectivity index (χ1v) is 8.86. The van der Waals surface area contributed by atoms with Crippen LogP contribution < -0.4 is 5.32 Å². The minimum atomic E-state index is -0.136. The third-order valence-electron chi connectivity index (χ3n) is 4.17. The summed E-state index contributed by atoms with van der Waals surface area (Å²) in [6, 6.07) is 17.6. The number of aromatic nitrogens is 1. The van der Waals surface area contributed by atoms with Crippen molar-refractivity contribution in [2.75, 3.05) is 5.32 Å². The number of aryl methyl sites for hydroxylation is 3. The highest BCUT2D eigenvalue weighted by molar-refractivity contribution is 9.10. The molecule has 25 heavy (non-hydrogen) atoms. The van der Waals surface area contributed by atoms with Gasteiger partial charge in [0.05, 0.1) is 17.0 Å². The minimum Gasteiger partial charge on any atom is -0.321 e. The molecule has 1 heterocycles. The number of halogens is 1. The van der Waals surface area contributed by atoms with E-state index >= 15 is 0 Å². The number of hydrogen-bond acceptors (Lipinski definition) is 2. The molecule has 126 valence electrons. The molecular weight excluding hydrogens is 376 g/mol. The number of para-hydroxylation sites is 1. The molecule has 0 aliphatic carbocycles. The Bertz CT molecular complexity index is 930. The standard InChI is InChI=1S/C21H19BrN2O/c1-13-6-4-7-14(2)20(13)24-21(25)18-10-11-19(23-15(18)3)16-8-5-9-17(22)12-16/h4-12H,1-3H3,(H,24,25). The highest BCUT2D eigenvalue weighted by atomic mass is 79.9. The molecule has 0 bridgehead atoms. The molecule has 0 atom stereocenters. The molecule has 0 spiro atoms. The van der Waals surface area contributed by atoms with Gasteiger partial charge >= 0.3 is 0 Å². The van der Waals surface area contributed by atoms with E-state index < -0.39 is 0 Å². The van der Waals surface area contributed by atoms with Crippen LogP contribution in [0.1, 0.15) is 27.2 Å². The van der Waals surface area contributed by atoms with E-state index in [2.05, 4.69) is 26.2 Å². The second-order valence-electron chi connectivity index (χ2n) is 6.06. The molecule has 0 saturated carbocycles. The van der Waals surface area contributed by atoms with Gasteiger partial charge in [0.15, 0.2) is 0 Å². The van der Waals surface area contributed by atoms with Crippen LogP contribution in [0.5, 0.6) is 0 Å². The molecule has 1 amide bonds. The molecule has 3 nitrogen and oxygen atoms in total. The molecule has 0 saturated heterocycles. The summed E-state index contributed by atoms with van der Waals surface area (Å²) >= 11 is 3.47. The van der Waals surface area contributed by atoms with Crippen LogP contribution in [0.2, 0.25) is 0 Å². The van der Waals surface area contributed by atoms with E-state index in [1.165, 1.54) is 0 Å². The van der Waals surface area contributed by atoms with E-state index in [0.717, 1.165) is 32.5 Å². The van der Waals surface area contributed by atoms with Crippen molar-refractivity contribution >= 4 is 27.5 Å². The van der Waals surface area contributed by atoms with Crippen molar-refractivity contribution in [2.24, 2.45) is 0 Å². The van der Waals surface area contributed by atoms with E-state index in [9.17, 15) is 4.79 Å². The Morgan fingerprint density at radius 3 is 2.28 bits per heavy atom. The molecule has 0 aliphatic heterocycles. The quantitative estimate of drug-likeness (QED) is 0.619. The molecule has 0 fully saturated rings. The molecule has 3 rings (SSSR count). The molecular formula is C21H19BrN2O. The van der Waals surface area contributed by atoms with Gasteiger partial charge in [-0.2, -0.15) is 0 Å². The molecule has 1 N–H and O–H groups in total. The maximum Gasteiger partial charge on any atom is 0.257 e. The number of amides is 1. The molecule has 0 aliphatic rings. The van der Waals surface area contributed by atoms with Crippen LogP contribution in [0.15, 0.2) is 59.1 Å². The monoisotopic (exact) mass is 394 g/mol. The highest BCUT2D eigenvalue weighted by Crippen LogP contribution is 2.24. The topological polar surface area (TPSA) is 42.0 Å². The predicted octanol–water partition coefficient (Wildman–Crippen LogP) is 5.69. The van der Waals surface area contributed by atoms with Gasteiger partial charge < -0.3 is 5.32 Å². The zero-order valence-electron chi connectivity index (χ0n) is 14.4. The van der Waals surface area contributed by atoms with Crippen molar-refractivity contribution < 1.29 is 4.79 Å². The Labute approximate surface area is 156 Å². The Kier molecular flexibility index (Phi) is 5.00. The SMILES string of the molecule is Cc1cccc(C)c1NC(=O)c1ccc(-c2cccc(Br)c2)nc1C. The second kappa shape index (κ2) is 7.19. The summed E-state index contributed by atoms with van der Waals surface area (Å²) in [4.78, 5) is 17.3. The van der Waals surface area contributed by atoms with Crippen molar-refractivity contribution in [2.45, 2.75) is 20.8 Å². The van der Waals surface area contributed by atoms with Gasteiger partial charge in [-0.3, -0.25) is 9.78 Å². The molecule has 0 radical (unpaired) electrons. The Balaban J connectivity index is 1.89. The fraction of sp³-hybridized carbons (Fsp3) is 0.143. The minimum absolute atomic E-state index is 0.136. The first-order valence-electron chi connectivity index (χ1n) is 8.07. The summed E-state index contributed by atoms with van der Waals surface area (Å²) in [6.45, 7) is 5.84. The third kappa shape index (κ3) is 3.80. The summed E-state index contributed by atoms with van der Waals surface area (Å²) in [5.74, 6) is -0.136. The van der Waals surface area contributed by atoms with Gasteiger partial charge in [0.1, 0.15) is 0 Å². The second-order valence-corrected chi connectivity index (χ2v) is 6.98. The summed E-state index contributed by atoms with van der Waals surface area (Å²) in [5, 5.41) is 3.02. The highest BCUT2D eigenvalue weighted by Gasteiger charge is 2.14. The third-order valence-corrected chi connectivity index (χ3v) is 4.66. The molecule has 1 aromatic heterocycles. The Morgan fingerprint density at radius 2 is 1.64 bits per heavy atom. The van der Waals surface area contributed by atoms with Gasteiger partial charge in [0.25, 0.3) is 5.91 Å². The molecule has 4 heteroatoms. The summed E-state index contributed by atoms with van der Waals surface area (Å²) in [7, 11) is 0. The van der Waals surface area contributed by atoms with Crippen LogP contribution in [0.4, 0.5) is 5.69 Å². The summed E-state index contributed by atoms with van der Waals surface area (Å²) in [5.41, 5.74) is 6.11. The van der Waals surface area contributed by atoms with Gasteiger partial charge in [-0.1, -0.05) is 46.3 Å². The van der Waals surface area contributed by atoms with E-state index in [1.54, 1.807) is 0 Å². The maximum absolute atomic E-state index is 12.7. The fourth-order valence-electron chi connectivity index (χ4n) is 2.80. The lowest BCUT2D eigenvalue weighted by Gasteiger charge is -2.13. The Morgan fingerprint density at radius 1 is 0.960 bits per heavy atom. The first-order chi connectivity index (χ1) is 12.0. The number of benzene rings is 2. The number of anilines is 1. The van der Waals surface area contributed by atoms with Gasteiger partial charge in [-0.25, -0.2) is 0 Å². The van der Waals surface area contributed by atoms with E-state index in [0.29, 0.717) is 11.3 Å². The predicted molar refractivity (Wildman–Crippen MR) is 106 cm³/mol. The van der Waals surface area contributed by atoms with Crippen molar-refractivity contribution in [1.82, 2.24) is 4.98 Å². The summed E-state index contributed by atoms with van der Waals surface area (Å²) < 4.78 is 1.00. The van der Waals surface area contributed by atoms with Crippen LogP contribution in [-0.4, -0.2) is 10.9 Å². The normalized spacial score (nSPS) is 10.6. The Hall–Kier alpha value is -2.46. The molecule has 3 aromatic rings. The first kappa shape index (κ1) is 17.4. The van der Waals surface area contributed by atoms with Crippen LogP contribution in [0, 0.1) is 20.8 Å². The molecule has 0 unspecified atom stereocenters. The van der Waals surface area contributed by atoms with Crippen LogP contribution in [0.25, 0.3) is 11.3 Å². The van der Waals surface area contributed by atoms with Gasteiger partial charge in [0, 0.05) is 15.7 Å². The van der Waals surface area contributed by atoms with Crippen molar-refractivity contribution in [3.8, 4) is 11.3 Å². The van der Waals surface area contributed by atoms with E-state index in [4.69, 9.17) is 0 Å². The number of hydrogen-bond donors (Lipinski definition) is 1. The lowest BCUT2D eigenvalue weighted by molar-refractivity contribution is 0.102. The van der Waals surface area contributed by atoms with Crippen LogP contribution in [-0.2, 0) is 0 Å². The number of pyridine rings is 1. The summed E-state index contributed by atoms with van der Waals surface area (Å²) in [6.07, 6.45) is 0. The van der Waals surface area contributed by atoms with Crippen molar-refractivity contribution in [1.29, 1.82) is 0 Å². The number of nitrogens with zero attached hydrogens (tertiary/aromatic N) is 1. The number of carbonyl (C=O) groups is 1. The number of nitrogens with one attached hydrogen (secondary N) is 1. The van der Waals surface area contributed by atoms with Gasteiger partial charge in [-0.15, -0.1) is 0 Å². The van der Waals surface area contributed by atoms with Crippen LogP contribution >= 0.6 is 15.9 Å². The van der Waals surface area contributed by atoms with Gasteiger partial charge in [-0.05, 0) is 56.2 Å². The number of carbonyl (C=O) groups excluding carboxylic acids is 1. The zero-order valence-corrected chi connectivity index (χ0v) is 16.0. The van der Waals surface area contributed by atoms with Crippen LogP contribution in [0.3, 0.4) is 0 Å². The average Bonchev–Trinajstić information content (AvgIpc) is 2.58. The maximum atomic E-state index is 12.7. The van der Waals surface area contributed by atoms with E-state index in [-0.39, 0.29) is 5.91 Å². The fourth-order valence-corrected chi connectivity index (χ4v) is 3.20. The lowest BCUT2D eigenvalue weighted by Crippen LogP contribution is -2.15. The average molecular weight is 395 g/mol. The number of rotatable bonds is 3. The smallest absolute Gasteiger partial charge is 0.257 e. The zero-order chi connectivity index (χ0) is 18.0. The van der Waals surface area contributed by atoms with E-state index in [1.807, 2.05) is 75.4 Å². The van der Waals surface area contributed by atoms with Crippen molar-refractivity contribution in [3.05, 3.63) is 81.5 Å². The lowest BCUT2D eigenvalue weighted by atomic mass is 10.1. The molecule has 2 aromatic carbocycles. The largest absolute Gasteiger partial charge is 0.321 e. The van der Waals surface area contributed by atoms with Gasteiger partial charge in [0.2, 0.25) is 0 Å². The van der Waals surface area contributed by atoms with Crippen molar-refractivity contribution in [3.63, 3.8) is 0 Å².